The Balaban J connectivity index is 1.75. The normalized spacial score (nSPS) is 15.4. The van der Waals surface area contributed by atoms with E-state index in [0.717, 1.165) is 6.20 Å². The van der Waals surface area contributed by atoms with E-state index in [2.05, 4.69) is 15.8 Å². The van der Waals surface area contributed by atoms with Crippen LogP contribution in [-0.2, 0) is 9.63 Å². The van der Waals surface area contributed by atoms with Gasteiger partial charge in [-0.2, -0.15) is 5.11 Å². The minimum Gasteiger partial charge on any atom is -0.494 e. The number of hydrogen-bond acceptors (Lipinski definition) is 7. The second-order valence-electron chi connectivity index (χ2n) is 5.28. The summed E-state index contributed by atoms with van der Waals surface area (Å²) in [4.78, 5) is 28.7. The van der Waals surface area contributed by atoms with Gasteiger partial charge in [0.2, 0.25) is 0 Å². The minimum absolute atomic E-state index is 0.0758. The van der Waals surface area contributed by atoms with Crippen LogP contribution in [0.1, 0.15) is 17.3 Å². The maximum Gasteiger partial charge on any atom is 0.378 e. The smallest absolute Gasteiger partial charge is 0.378 e. The number of nitrogens with zero attached hydrogens (tertiary/aromatic N) is 3. The summed E-state index contributed by atoms with van der Waals surface area (Å²) < 4.78 is 5.38. The molecular formula is C18H15ClN4O4. The number of azo groups is 1. The lowest BCUT2D eigenvalue weighted by molar-refractivity contribution is -0.140. The molecule has 0 unspecified atom stereocenters. The first-order chi connectivity index (χ1) is 13.1. The average Bonchev–Trinajstić information content (AvgIpc) is 3.04. The standard InChI is InChI=1S/C18H15ClN4O4/c1-2-26-15-9-7-14(8-10-15)23-16(18(25)27-22-23)11-20-21-17(24)12-3-5-13(19)6-4-12/h3-11,22H,2H2,1H3/b16-11+,21-20?. The van der Waals surface area contributed by atoms with Crippen LogP contribution >= 0.6 is 11.6 Å². The van der Waals surface area contributed by atoms with Crippen LogP contribution in [-0.4, -0.2) is 18.5 Å². The maximum atomic E-state index is 12.0. The average molecular weight is 387 g/mol. The van der Waals surface area contributed by atoms with Gasteiger partial charge in [-0.15, -0.1) is 5.11 Å². The molecule has 138 valence electrons. The highest BCUT2D eigenvalue weighted by Gasteiger charge is 2.29. The van der Waals surface area contributed by atoms with Gasteiger partial charge in [-0.1, -0.05) is 17.2 Å². The summed E-state index contributed by atoms with van der Waals surface area (Å²) in [5.74, 6) is -0.510. The molecule has 0 atom stereocenters. The van der Waals surface area contributed by atoms with E-state index in [9.17, 15) is 9.59 Å². The van der Waals surface area contributed by atoms with E-state index >= 15 is 0 Å². The molecule has 1 heterocycles. The number of halogens is 1. The van der Waals surface area contributed by atoms with Gasteiger partial charge in [-0.3, -0.25) is 4.79 Å². The third-order valence-corrected chi connectivity index (χ3v) is 3.76. The summed E-state index contributed by atoms with van der Waals surface area (Å²) >= 11 is 5.78. The van der Waals surface area contributed by atoms with E-state index in [1.54, 1.807) is 36.4 Å². The Morgan fingerprint density at radius 1 is 1.22 bits per heavy atom. The largest absolute Gasteiger partial charge is 0.494 e. The molecule has 2 aromatic rings. The van der Waals surface area contributed by atoms with Crippen LogP contribution in [0.4, 0.5) is 5.69 Å². The molecule has 0 aliphatic carbocycles. The third kappa shape index (κ3) is 4.49. The van der Waals surface area contributed by atoms with Gasteiger partial charge in [-0.25, -0.2) is 9.80 Å². The first kappa shape index (κ1) is 18.6. The van der Waals surface area contributed by atoms with Crippen molar-refractivity contribution in [2.24, 2.45) is 10.2 Å². The fourth-order valence-electron chi connectivity index (χ4n) is 2.23. The SMILES string of the molecule is CCOc1ccc(N2NOC(=O)/C2=C\N=NC(=O)c2ccc(Cl)cc2)cc1. The molecule has 2 aromatic carbocycles. The van der Waals surface area contributed by atoms with Gasteiger partial charge in [-0.05, 0) is 55.5 Å². The second-order valence-corrected chi connectivity index (χ2v) is 5.72. The van der Waals surface area contributed by atoms with Crippen LogP contribution in [0.2, 0.25) is 5.02 Å². The summed E-state index contributed by atoms with van der Waals surface area (Å²) in [5, 5.41) is 9.16. The quantitative estimate of drug-likeness (QED) is 0.622. The number of benzene rings is 2. The number of hydrazine groups is 1. The highest BCUT2D eigenvalue weighted by molar-refractivity contribution is 6.30. The van der Waals surface area contributed by atoms with Gasteiger partial charge in [0, 0.05) is 10.6 Å². The molecule has 1 aliphatic rings. The van der Waals surface area contributed by atoms with Gasteiger partial charge in [0.25, 0.3) is 5.91 Å². The van der Waals surface area contributed by atoms with E-state index in [0.29, 0.717) is 28.6 Å². The van der Waals surface area contributed by atoms with E-state index in [1.165, 1.54) is 17.1 Å². The van der Waals surface area contributed by atoms with Crippen molar-refractivity contribution in [1.82, 2.24) is 5.59 Å². The third-order valence-electron chi connectivity index (χ3n) is 3.51. The molecule has 0 bridgehead atoms. The lowest BCUT2D eigenvalue weighted by atomic mass is 10.2. The molecule has 3 rings (SSSR count). The highest BCUT2D eigenvalue weighted by Crippen LogP contribution is 2.24. The molecule has 1 aliphatic heterocycles. The van der Waals surface area contributed by atoms with E-state index in [4.69, 9.17) is 21.2 Å². The van der Waals surface area contributed by atoms with Gasteiger partial charge in [0.1, 0.15) is 5.75 Å². The summed E-state index contributed by atoms with van der Waals surface area (Å²) in [7, 11) is 0. The minimum atomic E-state index is -0.651. The molecule has 27 heavy (non-hydrogen) atoms. The predicted molar refractivity (Wildman–Crippen MR) is 98.0 cm³/mol. The molecule has 1 fully saturated rings. The van der Waals surface area contributed by atoms with Gasteiger partial charge < -0.3 is 9.57 Å². The van der Waals surface area contributed by atoms with Crippen LogP contribution in [0.5, 0.6) is 5.75 Å². The van der Waals surface area contributed by atoms with Crippen molar-refractivity contribution < 1.29 is 19.2 Å². The van der Waals surface area contributed by atoms with Crippen molar-refractivity contribution in [3.8, 4) is 5.75 Å². The fourth-order valence-corrected chi connectivity index (χ4v) is 2.35. The van der Waals surface area contributed by atoms with Crippen LogP contribution < -0.4 is 15.3 Å². The van der Waals surface area contributed by atoms with Gasteiger partial charge in [0.15, 0.2) is 5.70 Å². The van der Waals surface area contributed by atoms with Gasteiger partial charge in [0.05, 0.1) is 18.5 Å². The van der Waals surface area contributed by atoms with E-state index in [-0.39, 0.29) is 5.70 Å². The zero-order valence-corrected chi connectivity index (χ0v) is 15.0. The summed E-state index contributed by atoms with van der Waals surface area (Å²) in [6, 6.07) is 13.2. The van der Waals surface area contributed by atoms with Crippen molar-refractivity contribution in [3.05, 3.63) is 71.0 Å². The molecule has 1 saturated heterocycles. The van der Waals surface area contributed by atoms with Crippen molar-refractivity contribution >= 4 is 29.2 Å². The first-order valence-electron chi connectivity index (χ1n) is 7.99. The molecule has 1 amide bonds. The Labute approximate surface area is 160 Å². The number of carbonyl (C=O) groups is 2. The molecule has 0 saturated carbocycles. The number of amides is 1. The Morgan fingerprint density at radius 2 is 1.93 bits per heavy atom. The van der Waals surface area contributed by atoms with Crippen molar-refractivity contribution in [1.29, 1.82) is 0 Å². The van der Waals surface area contributed by atoms with E-state index in [1.807, 2.05) is 6.92 Å². The fraction of sp³-hybridized carbons (Fsp3) is 0.111. The van der Waals surface area contributed by atoms with Crippen molar-refractivity contribution in [2.75, 3.05) is 11.6 Å². The monoisotopic (exact) mass is 386 g/mol. The Kier molecular flexibility index (Phi) is 5.80. The number of ether oxygens (including phenoxy) is 1. The Morgan fingerprint density at radius 3 is 2.59 bits per heavy atom. The topological polar surface area (TPSA) is 92.6 Å². The molecule has 0 radical (unpaired) electrons. The number of hydrogen-bond donors (Lipinski definition) is 1. The Hall–Kier alpha value is -3.23. The Bertz CT molecular complexity index is 895. The van der Waals surface area contributed by atoms with Crippen LogP contribution in [0, 0.1) is 0 Å². The molecular weight excluding hydrogens is 372 g/mol. The zero-order valence-electron chi connectivity index (χ0n) is 14.3. The van der Waals surface area contributed by atoms with E-state index < -0.39 is 11.9 Å². The van der Waals surface area contributed by atoms with Crippen molar-refractivity contribution in [3.63, 3.8) is 0 Å². The summed E-state index contributed by atoms with van der Waals surface area (Å²) in [6.45, 7) is 2.44. The summed E-state index contributed by atoms with van der Waals surface area (Å²) in [6.07, 6.45) is 1.15. The molecule has 1 N–H and O–H groups in total. The maximum absolute atomic E-state index is 12.0. The second kappa shape index (κ2) is 8.43. The zero-order chi connectivity index (χ0) is 19.2. The number of anilines is 1. The highest BCUT2D eigenvalue weighted by atomic mass is 35.5. The molecule has 0 spiro atoms. The predicted octanol–water partition coefficient (Wildman–Crippen LogP) is 3.66. The van der Waals surface area contributed by atoms with Crippen LogP contribution in [0.3, 0.4) is 0 Å². The van der Waals surface area contributed by atoms with Crippen molar-refractivity contribution in [2.45, 2.75) is 6.92 Å². The lowest BCUT2D eigenvalue weighted by Crippen LogP contribution is -2.28. The van der Waals surface area contributed by atoms with Gasteiger partial charge >= 0.3 is 5.97 Å². The number of nitrogens with one attached hydrogen (secondary N) is 1. The molecule has 0 aromatic heterocycles. The lowest BCUT2D eigenvalue weighted by Gasteiger charge is -2.15. The number of carbonyl (C=O) groups excluding carboxylic acids is 2. The summed E-state index contributed by atoms with van der Waals surface area (Å²) in [5.41, 5.74) is 3.50. The van der Waals surface area contributed by atoms with Crippen LogP contribution in [0.15, 0.2) is 70.7 Å². The number of rotatable bonds is 5. The molecule has 8 nitrogen and oxygen atoms in total. The van der Waals surface area contributed by atoms with Crippen LogP contribution in [0.25, 0.3) is 0 Å². The molecule has 9 heteroatoms. The first-order valence-corrected chi connectivity index (χ1v) is 8.37.